The molecule has 3 rings (SSSR count). The number of rotatable bonds is 5. The Morgan fingerprint density at radius 3 is 2.56 bits per heavy atom. The third-order valence-corrected chi connectivity index (χ3v) is 4.67. The molecule has 0 unspecified atom stereocenters. The molecule has 0 saturated carbocycles. The van der Waals surface area contributed by atoms with Gasteiger partial charge < -0.3 is 19.6 Å². The maximum absolute atomic E-state index is 12.2. The topological polar surface area (TPSA) is 74.5 Å². The maximum atomic E-state index is 12.2. The Bertz CT molecular complexity index is 698. The molecular weight excluding hydrogens is 318 g/mol. The minimum atomic E-state index is -0.170. The Labute approximate surface area is 148 Å². The quantitative estimate of drug-likeness (QED) is 0.892. The molecule has 25 heavy (non-hydrogen) atoms. The van der Waals surface area contributed by atoms with Gasteiger partial charge in [0.15, 0.2) is 0 Å². The summed E-state index contributed by atoms with van der Waals surface area (Å²) in [6, 6.07) is 4.04. The highest BCUT2D eigenvalue weighted by molar-refractivity contribution is 5.96. The summed E-state index contributed by atoms with van der Waals surface area (Å²) in [7, 11) is 0. The van der Waals surface area contributed by atoms with Crippen molar-refractivity contribution in [3.63, 3.8) is 0 Å². The van der Waals surface area contributed by atoms with E-state index in [1.807, 2.05) is 18.3 Å². The average molecular weight is 343 g/mol. The fraction of sp³-hybridized carbons (Fsp3) is 0.500. The molecule has 1 aliphatic heterocycles. The van der Waals surface area contributed by atoms with Crippen LogP contribution in [0.2, 0.25) is 0 Å². The van der Waals surface area contributed by atoms with Crippen molar-refractivity contribution in [2.45, 2.75) is 27.3 Å². The smallest absolute Gasteiger partial charge is 0.257 e. The molecule has 2 aromatic heterocycles. The first-order chi connectivity index (χ1) is 12.1. The zero-order chi connectivity index (χ0) is 17.8. The van der Waals surface area contributed by atoms with Gasteiger partial charge in [0.05, 0.1) is 5.69 Å². The predicted octanol–water partition coefficient (Wildman–Crippen LogP) is 1.76. The van der Waals surface area contributed by atoms with Gasteiger partial charge in [-0.3, -0.25) is 4.79 Å². The molecule has 0 atom stereocenters. The van der Waals surface area contributed by atoms with Crippen molar-refractivity contribution in [1.29, 1.82) is 0 Å². The molecule has 3 heterocycles. The van der Waals surface area contributed by atoms with Crippen LogP contribution in [0, 0.1) is 13.8 Å². The minimum Gasteiger partial charge on any atom is -0.361 e. The third kappa shape index (κ3) is 3.99. The lowest BCUT2D eigenvalue weighted by Gasteiger charge is -2.34. The van der Waals surface area contributed by atoms with Crippen LogP contribution in [0.4, 0.5) is 5.82 Å². The van der Waals surface area contributed by atoms with E-state index < -0.39 is 0 Å². The number of amides is 1. The van der Waals surface area contributed by atoms with Crippen molar-refractivity contribution in [2.75, 3.05) is 37.6 Å². The van der Waals surface area contributed by atoms with Gasteiger partial charge in [0, 0.05) is 38.9 Å². The molecule has 1 fully saturated rings. The largest absolute Gasteiger partial charge is 0.361 e. The second-order valence-electron chi connectivity index (χ2n) is 6.33. The average Bonchev–Trinajstić information content (AvgIpc) is 2.99. The number of nitrogens with zero attached hydrogens (tertiary/aromatic N) is 4. The van der Waals surface area contributed by atoms with Crippen LogP contribution in [0.15, 0.2) is 22.9 Å². The third-order valence-electron chi connectivity index (χ3n) is 4.67. The number of nitrogens with one attached hydrogen (secondary N) is 1. The lowest BCUT2D eigenvalue weighted by molar-refractivity contribution is 0.0949. The van der Waals surface area contributed by atoms with E-state index in [1.165, 1.54) is 0 Å². The molecule has 1 saturated heterocycles. The Morgan fingerprint density at radius 1 is 1.24 bits per heavy atom. The fourth-order valence-electron chi connectivity index (χ4n) is 3.08. The highest BCUT2D eigenvalue weighted by atomic mass is 16.5. The van der Waals surface area contributed by atoms with Crippen LogP contribution in [-0.4, -0.2) is 53.7 Å². The van der Waals surface area contributed by atoms with Gasteiger partial charge in [-0.1, -0.05) is 18.1 Å². The molecule has 1 aliphatic rings. The van der Waals surface area contributed by atoms with Gasteiger partial charge in [0.1, 0.15) is 17.1 Å². The second kappa shape index (κ2) is 7.65. The maximum Gasteiger partial charge on any atom is 0.257 e. The Hall–Kier alpha value is -2.41. The molecular formula is C18H25N5O2. The lowest BCUT2D eigenvalue weighted by Crippen LogP contribution is -2.46. The van der Waals surface area contributed by atoms with E-state index in [2.05, 4.69) is 32.2 Å². The van der Waals surface area contributed by atoms with Crippen molar-refractivity contribution >= 4 is 11.7 Å². The van der Waals surface area contributed by atoms with Crippen molar-refractivity contribution in [3.8, 4) is 0 Å². The molecule has 1 amide bonds. The van der Waals surface area contributed by atoms with Gasteiger partial charge >= 0.3 is 0 Å². The lowest BCUT2D eigenvalue weighted by atomic mass is 10.2. The first-order valence-corrected chi connectivity index (χ1v) is 8.71. The van der Waals surface area contributed by atoms with E-state index in [-0.39, 0.29) is 5.91 Å². The van der Waals surface area contributed by atoms with Gasteiger partial charge in [-0.2, -0.15) is 0 Å². The molecule has 0 spiro atoms. The van der Waals surface area contributed by atoms with E-state index in [0.29, 0.717) is 23.6 Å². The Morgan fingerprint density at radius 2 is 2.00 bits per heavy atom. The van der Waals surface area contributed by atoms with Gasteiger partial charge in [-0.25, -0.2) is 4.98 Å². The summed E-state index contributed by atoms with van der Waals surface area (Å²) in [6.07, 6.45) is 1.83. The molecule has 2 aromatic rings. The Kier molecular flexibility index (Phi) is 5.33. The first kappa shape index (κ1) is 17.4. The minimum absolute atomic E-state index is 0.170. The van der Waals surface area contributed by atoms with Crippen LogP contribution in [0.25, 0.3) is 0 Å². The van der Waals surface area contributed by atoms with Gasteiger partial charge in [0.2, 0.25) is 0 Å². The normalized spacial score (nSPS) is 15.4. The number of carbonyl (C=O) groups excluding carboxylic acids is 1. The molecule has 0 bridgehead atoms. The molecule has 7 nitrogen and oxygen atoms in total. The first-order valence-electron chi connectivity index (χ1n) is 8.71. The van der Waals surface area contributed by atoms with Crippen molar-refractivity contribution in [1.82, 2.24) is 20.4 Å². The Balaban J connectivity index is 1.55. The summed E-state index contributed by atoms with van der Waals surface area (Å²) in [6.45, 7) is 11.4. The van der Waals surface area contributed by atoms with Crippen LogP contribution < -0.4 is 10.2 Å². The van der Waals surface area contributed by atoms with Crippen molar-refractivity contribution in [2.24, 2.45) is 0 Å². The summed E-state index contributed by atoms with van der Waals surface area (Å²) in [5, 5.41) is 6.71. The highest BCUT2D eigenvalue weighted by Crippen LogP contribution is 2.15. The SMILES string of the molecule is CCN1CCN(c2ccc(CNC(=O)c3c(C)noc3C)cn2)CC1. The number of likely N-dealkylation sites (N-methyl/N-ethyl adjacent to an activating group) is 1. The van der Waals surface area contributed by atoms with Crippen LogP contribution >= 0.6 is 0 Å². The number of carbonyl (C=O) groups is 1. The summed E-state index contributed by atoms with van der Waals surface area (Å²) < 4.78 is 5.03. The fourth-order valence-corrected chi connectivity index (χ4v) is 3.08. The number of anilines is 1. The van der Waals surface area contributed by atoms with E-state index in [4.69, 9.17) is 4.52 Å². The standard InChI is InChI=1S/C18H25N5O2/c1-4-22-7-9-23(10-8-22)16-6-5-15(11-19-16)12-20-18(24)17-13(2)21-25-14(17)3/h5-6,11H,4,7-10,12H2,1-3H3,(H,20,24). The van der Waals surface area contributed by atoms with Crippen LogP contribution in [-0.2, 0) is 6.54 Å². The predicted molar refractivity (Wildman–Crippen MR) is 95.7 cm³/mol. The molecule has 1 N–H and O–H groups in total. The summed E-state index contributed by atoms with van der Waals surface area (Å²) in [5.41, 5.74) is 2.09. The van der Waals surface area contributed by atoms with E-state index in [9.17, 15) is 4.79 Å². The van der Waals surface area contributed by atoms with E-state index in [0.717, 1.165) is 44.1 Å². The molecule has 0 radical (unpaired) electrons. The summed E-state index contributed by atoms with van der Waals surface area (Å²) in [5.74, 6) is 1.36. The highest BCUT2D eigenvalue weighted by Gasteiger charge is 2.18. The van der Waals surface area contributed by atoms with E-state index in [1.54, 1.807) is 13.8 Å². The molecule has 0 aliphatic carbocycles. The zero-order valence-corrected chi connectivity index (χ0v) is 15.1. The number of hydrogen-bond acceptors (Lipinski definition) is 6. The molecule has 0 aromatic carbocycles. The molecule has 7 heteroatoms. The summed E-state index contributed by atoms with van der Waals surface area (Å²) in [4.78, 5) is 21.5. The monoisotopic (exact) mass is 343 g/mol. The van der Waals surface area contributed by atoms with Gasteiger partial charge in [-0.05, 0) is 32.0 Å². The van der Waals surface area contributed by atoms with Crippen LogP contribution in [0.3, 0.4) is 0 Å². The number of aryl methyl sites for hydroxylation is 2. The van der Waals surface area contributed by atoms with Crippen molar-refractivity contribution < 1.29 is 9.32 Å². The van der Waals surface area contributed by atoms with Gasteiger partial charge in [-0.15, -0.1) is 0 Å². The number of aromatic nitrogens is 2. The second-order valence-corrected chi connectivity index (χ2v) is 6.33. The number of piperazine rings is 1. The van der Waals surface area contributed by atoms with Crippen molar-refractivity contribution in [3.05, 3.63) is 40.9 Å². The number of pyridine rings is 1. The summed E-state index contributed by atoms with van der Waals surface area (Å²) >= 11 is 0. The van der Waals surface area contributed by atoms with E-state index >= 15 is 0 Å². The number of hydrogen-bond donors (Lipinski definition) is 1. The molecule has 134 valence electrons. The van der Waals surface area contributed by atoms with Gasteiger partial charge in [0.25, 0.3) is 5.91 Å². The van der Waals surface area contributed by atoms with Crippen LogP contribution in [0.1, 0.15) is 34.3 Å². The zero-order valence-electron chi connectivity index (χ0n) is 15.1. The van der Waals surface area contributed by atoms with Crippen LogP contribution in [0.5, 0.6) is 0 Å².